The highest BCUT2D eigenvalue weighted by Crippen LogP contribution is 2.57. The molecule has 0 bridgehead atoms. The molecule has 1 aromatic heterocycles. The third kappa shape index (κ3) is 2.83. The van der Waals surface area contributed by atoms with Crippen LogP contribution < -0.4 is 4.90 Å². The zero-order valence-electron chi connectivity index (χ0n) is 19.8. The molecule has 0 amide bonds. The summed E-state index contributed by atoms with van der Waals surface area (Å²) in [5.41, 5.74) is 10.3. The summed E-state index contributed by atoms with van der Waals surface area (Å²) in [5.74, 6) is 0. The average molecular weight is 452 g/mol. The first-order valence-corrected chi connectivity index (χ1v) is 12.1. The number of benzene rings is 5. The molecular weight excluding hydrogens is 426 g/mol. The van der Waals surface area contributed by atoms with Gasteiger partial charge in [0.25, 0.3) is 0 Å². The summed E-state index contributed by atoms with van der Waals surface area (Å²) >= 11 is 0. The molecule has 1 aliphatic rings. The van der Waals surface area contributed by atoms with E-state index in [1.54, 1.807) is 0 Å². The Bertz CT molecular complexity index is 1670. The lowest BCUT2D eigenvalue weighted by Gasteiger charge is -2.29. The summed E-state index contributed by atoms with van der Waals surface area (Å²) in [6.07, 6.45) is 0. The molecule has 0 saturated carbocycles. The van der Waals surface area contributed by atoms with Gasteiger partial charge in [-0.3, -0.25) is 0 Å². The number of para-hydroxylation sites is 3. The Kier molecular flexibility index (Phi) is 4.22. The summed E-state index contributed by atoms with van der Waals surface area (Å²) in [5, 5.41) is 2.31. The number of hydrogen-bond acceptors (Lipinski definition) is 2. The van der Waals surface area contributed by atoms with E-state index in [2.05, 4.69) is 128 Å². The van der Waals surface area contributed by atoms with Crippen LogP contribution in [0.15, 0.2) is 120 Å². The van der Waals surface area contributed by atoms with E-state index in [4.69, 9.17) is 4.42 Å². The average Bonchev–Trinajstić information content (AvgIpc) is 3.38. The highest BCUT2D eigenvalue weighted by Gasteiger charge is 2.40. The SMILES string of the molecule is CC1(C)c2ccccc2-c2c1cc1c(oc3ccccc31)c2N(c1ccccc1)c1ccccc1. The molecule has 2 heteroatoms. The van der Waals surface area contributed by atoms with Gasteiger partial charge in [-0.15, -0.1) is 0 Å². The van der Waals surface area contributed by atoms with Gasteiger partial charge in [0.15, 0.2) is 5.58 Å². The van der Waals surface area contributed by atoms with Gasteiger partial charge in [0.2, 0.25) is 0 Å². The van der Waals surface area contributed by atoms with Crippen molar-refractivity contribution >= 4 is 39.0 Å². The van der Waals surface area contributed by atoms with Crippen molar-refractivity contribution < 1.29 is 4.42 Å². The van der Waals surface area contributed by atoms with E-state index in [-0.39, 0.29) is 5.41 Å². The van der Waals surface area contributed by atoms with Crippen molar-refractivity contribution in [2.45, 2.75) is 19.3 Å². The Morgan fingerprint density at radius 3 is 1.91 bits per heavy atom. The normalized spacial score (nSPS) is 13.7. The summed E-state index contributed by atoms with van der Waals surface area (Å²) in [7, 11) is 0. The minimum atomic E-state index is -0.119. The third-order valence-corrected chi connectivity index (χ3v) is 7.44. The topological polar surface area (TPSA) is 16.4 Å². The van der Waals surface area contributed by atoms with Gasteiger partial charge in [-0.05, 0) is 53.1 Å². The molecule has 0 N–H and O–H groups in total. The van der Waals surface area contributed by atoms with E-state index in [1.807, 2.05) is 6.07 Å². The Morgan fingerprint density at radius 2 is 1.20 bits per heavy atom. The quantitative estimate of drug-likeness (QED) is 0.266. The van der Waals surface area contributed by atoms with Crippen LogP contribution in [-0.4, -0.2) is 0 Å². The summed E-state index contributed by atoms with van der Waals surface area (Å²) in [6.45, 7) is 4.68. The minimum absolute atomic E-state index is 0.119. The fraction of sp³-hybridized carbons (Fsp3) is 0.0909. The molecule has 0 aliphatic heterocycles. The molecule has 6 aromatic rings. The predicted molar refractivity (Wildman–Crippen MR) is 146 cm³/mol. The molecule has 2 nitrogen and oxygen atoms in total. The van der Waals surface area contributed by atoms with E-state index in [0.717, 1.165) is 39.0 Å². The van der Waals surface area contributed by atoms with Crippen molar-refractivity contribution in [1.29, 1.82) is 0 Å². The molecule has 5 aromatic carbocycles. The van der Waals surface area contributed by atoms with Crippen LogP contribution in [-0.2, 0) is 5.41 Å². The highest BCUT2D eigenvalue weighted by molar-refractivity contribution is 6.15. The summed E-state index contributed by atoms with van der Waals surface area (Å²) in [6, 6.07) is 40.8. The fourth-order valence-corrected chi connectivity index (χ4v) is 5.77. The van der Waals surface area contributed by atoms with Crippen LogP contribution in [0.1, 0.15) is 25.0 Å². The molecule has 168 valence electrons. The van der Waals surface area contributed by atoms with Crippen molar-refractivity contribution in [3.63, 3.8) is 0 Å². The lowest BCUT2D eigenvalue weighted by molar-refractivity contribution is 0.658. The largest absolute Gasteiger partial charge is 0.454 e. The van der Waals surface area contributed by atoms with Gasteiger partial charge in [0, 0.05) is 33.1 Å². The smallest absolute Gasteiger partial charge is 0.160 e. The van der Waals surface area contributed by atoms with Crippen molar-refractivity contribution in [2.24, 2.45) is 0 Å². The van der Waals surface area contributed by atoms with Gasteiger partial charge in [-0.2, -0.15) is 0 Å². The lowest BCUT2D eigenvalue weighted by atomic mass is 9.82. The molecule has 0 fully saturated rings. The molecule has 1 heterocycles. The second kappa shape index (κ2) is 7.35. The Balaban J connectivity index is 1.70. The molecule has 0 atom stereocenters. The second-order valence-corrected chi connectivity index (χ2v) is 9.80. The number of hydrogen-bond donors (Lipinski definition) is 0. The molecule has 7 rings (SSSR count). The van der Waals surface area contributed by atoms with Crippen LogP contribution in [0.25, 0.3) is 33.1 Å². The number of anilines is 3. The number of nitrogens with zero attached hydrogens (tertiary/aromatic N) is 1. The Labute approximate surface area is 205 Å². The first kappa shape index (κ1) is 20.1. The first-order valence-electron chi connectivity index (χ1n) is 12.1. The molecule has 35 heavy (non-hydrogen) atoms. The highest BCUT2D eigenvalue weighted by atomic mass is 16.3. The zero-order valence-corrected chi connectivity index (χ0v) is 19.8. The van der Waals surface area contributed by atoms with Gasteiger partial charge in [-0.1, -0.05) is 92.7 Å². The van der Waals surface area contributed by atoms with Crippen molar-refractivity contribution in [3.8, 4) is 11.1 Å². The van der Waals surface area contributed by atoms with E-state index >= 15 is 0 Å². The van der Waals surface area contributed by atoms with Crippen LogP contribution >= 0.6 is 0 Å². The van der Waals surface area contributed by atoms with E-state index in [9.17, 15) is 0 Å². The van der Waals surface area contributed by atoms with Crippen LogP contribution in [0.5, 0.6) is 0 Å². The first-order chi connectivity index (χ1) is 17.1. The van der Waals surface area contributed by atoms with E-state index in [1.165, 1.54) is 22.3 Å². The van der Waals surface area contributed by atoms with Gasteiger partial charge in [0.1, 0.15) is 5.58 Å². The number of fused-ring (bicyclic) bond motifs is 6. The molecular formula is C33H25NO. The lowest BCUT2D eigenvalue weighted by Crippen LogP contribution is -2.16. The van der Waals surface area contributed by atoms with E-state index in [0.29, 0.717) is 0 Å². The third-order valence-electron chi connectivity index (χ3n) is 7.44. The summed E-state index contributed by atoms with van der Waals surface area (Å²) in [4.78, 5) is 2.36. The minimum Gasteiger partial charge on any atom is -0.454 e. The maximum absolute atomic E-state index is 6.67. The molecule has 0 spiro atoms. The van der Waals surface area contributed by atoms with Gasteiger partial charge in [-0.25, -0.2) is 0 Å². The second-order valence-electron chi connectivity index (χ2n) is 9.80. The van der Waals surface area contributed by atoms with Gasteiger partial charge < -0.3 is 9.32 Å². The van der Waals surface area contributed by atoms with Crippen molar-refractivity contribution in [1.82, 2.24) is 0 Å². The standard InChI is InChI=1S/C33H25NO/c1-33(2)27-19-11-9-18-25(27)30-28(33)21-26-24-17-10-12-20-29(24)35-32(26)31(30)34(22-13-5-3-6-14-22)23-15-7-4-8-16-23/h3-21H,1-2H3. The van der Waals surface area contributed by atoms with Gasteiger partial charge >= 0.3 is 0 Å². The molecule has 0 radical (unpaired) electrons. The monoisotopic (exact) mass is 451 g/mol. The van der Waals surface area contributed by atoms with Crippen LogP contribution in [0.3, 0.4) is 0 Å². The van der Waals surface area contributed by atoms with Crippen LogP contribution in [0.2, 0.25) is 0 Å². The predicted octanol–water partition coefficient (Wildman–Crippen LogP) is 9.36. The van der Waals surface area contributed by atoms with Crippen molar-refractivity contribution in [3.05, 3.63) is 126 Å². The van der Waals surface area contributed by atoms with Crippen LogP contribution in [0.4, 0.5) is 17.1 Å². The zero-order chi connectivity index (χ0) is 23.6. The Morgan fingerprint density at radius 1 is 0.600 bits per heavy atom. The maximum Gasteiger partial charge on any atom is 0.160 e. The van der Waals surface area contributed by atoms with Crippen molar-refractivity contribution in [2.75, 3.05) is 4.90 Å². The fourth-order valence-electron chi connectivity index (χ4n) is 5.77. The maximum atomic E-state index is 6.67. The summed E-state index contributed by atoms with van der Waals surface area (Å²) < 4.78 is 6.67. The molecule has 1 aliphatic carbocycles. The Hall–Kier alpha value is -4.30. The van der Waals surface area contributed by atoms with Gasteiger partial charge in [0.05, 0.1) is 5.69 Å². The molecule has 0 saturated heterocycles. The number of rotatable bonds is 3. The van der Waals surface area contributed by atoms with E-state index < -0.39 is 0 Å². The van der Waals surface area contributed by atoms with Crippen LogP contribution in [0, 0.1) is 0 Å². The number of furan rings is 1. The molecule has 0 unspecified atom stereocenters.